The van der Waals surface area contributed by atoms with Gasteiger partial charge in [-0.1, -0.05) is 32.7 Å². The second-order valence-electron chi connectivity index (χ2n) is 2.77. The molecule has 0 saturated carbocycles. The second kappa shape index (κ2) is 4.63. The highest BCUT2D eigenvalue weighted by atomic mass is 79.9. The molecule has 0 atom stereocenters. The van der Waals surface area contributed by atoms with Gasteiger partial charge < -0.3 is 4.52 Å². The Morgan fingerprint density at radius 3 is 2.80 bits per heavy atom. The van der Waals surface area contributed by atoms with E-state index in [-0.39, 0.29) is 0 Å². The van der Waals surface area contributed by atoms with Crippen molar-refractivity contribution >= 4 is 43.5 Å². The summed E-state index contributed by atoms with van der Waals surface area (Å²) in [6.07, 6.45) is 0. The lowest BCUT2D eigenvalue weighted by Crippen LogP contribution is -1.82. The molecule has 0 fully saturated rings. The van der Waals surface area contributed by atoms with Crippen molar-refractivity contribution in [3.05, 3.63) is 33.5 Å². The summed E-state index contributed by atoms with van der Waals surface area (Å²) in [4.78, 5) is 4.19. The highest BCUT2D eigenvalue weighted by molar-refractivity contribution is 9.10. The minimum absolute atomic E-state index is 0.480. The van der Waals surface area contributed by atoms with Crippen LogP contribution in [0.4, 0.5) is 0 Å². The van der Waals surface area contributed by atoms with Crippen LogP contribution in [0.3, 0.4) is 0 Å². The maximum absolute atomic E-state index is 5.83. The largest absolute Gasteiger partial charge is 0.334 e. The van der Waals surface area contributed by atoms with E-state index < -0.39 is 0 Å². The fourth-order valence-electron chi connectivity index (χ4n) is 1.08. The zero-order valence-electron chi connectivity index (χ0n) is 7.38. The van der Waals surface area contributed by atoms with Crippen LogP contribution < -0.4 is 0 Å². The van der Waals surface area contributed by atoms with Crippen LogP contribution in [-0.4, -0.2) is 10.1 Å². The van der Waals surface area contributed by atoms with Crippen molar-refractivity contribution < 1.29 is 4.52 Å². The Hall–Kier alpha value is -0.390. The van der Waals surface area contributed by atoms with Crippen molar-refractivity contribution in [1.82, 2.24) is 10.1 Å². The molecule has 0 aliphatic carbocycles. The summed E-state index contributed by atoms with van der Waals surface area (Å²) in [6, 6.07) is 5.40. The average Bonchev–Trinajstić information content (AvgIpc) is 2.66. The van der Waals surface area contributed by atoms with Crippen LogP contribution in [-0.2, 0) is 5.33 Å². The van der Waals surface area contributed by atoms with Crippen LogP contribution in [0.15, 0.2) is 27.2 Å². The number of hydrogen-bond acceptors (Lipinski definition) is 3. The van der Waals surface area contributed by atoms with E-state index in [1.807, 2.05) is 6.07 Å². The quantitative estimate of drug-likeness (QED) is 0.766. The van der Waals surface area contributed by atoms with Gasteiger partial charge in [0.1, 0.15) is 0 Å². The van der Waals surface area contributed by atoms with E-state index in [2.05, 4.69) is 42.0 Å². The molecular weight excluding hydrogens is 347 g/mol. The number of hydrogen-bond donors (Lipinski definition) is 0. The first-order valence-corrected chi connectivity index (χ1v) is 6.34. The fraction of sp³-hybridized carbons (Fsp3) is 0.111. The van der Waals surface area contributed by atoms with E-state index in [1.54, 1.807) is 12.1 Å². The Balaban J connectivity index is 2.44. The number of halogens is 3. The molecule has 0 radical (unpaired) electrons. The number of benzene rings is 1. The van der Waals surface area contributed by atoms with Gasteiger partial charge in [0.25, 0.3) is 5.89 Å². The zero-order chi connectivity index (χ0) is 10.8. The molecule has 0 bridgehead atoms. The molecule has 15 heavy (non-hydrogen) atoms. The maximum Gasteiger partial charge on any atom is 0.259 e. The third kappa shape index (κ3) is 2.41. The van der Waals surface area contributed by atoms with Crippen molar-refractivity contribution in [2.24, 2.45) is 0 Å². The lowest BCUT2D eigenvalue weighted by molar-refractivity contribution is 0.425. The standard InChI is InChI=1S/C9H5Br2ClN2O/c10-4-8-13-9(15-14-8)6-2-1-5(12)3-7(6)11/h1-3H,4H2. The van der Waals surface area contributed by atoms with Crippen molar-refractivity contribution in [2.45, 2.75) is 5.33 Å². The summed E-state index contributed by atoms with van der Waals surface area (Å²) in [5.74, 6) is 1.10. The predicted octanol–water partition coefficient (Wildman–Crippen LogP) is 4.05. The highest BCUT2D eigenvalue weighted by Crippen LogP contribution is 2.29. The van der Waals surface area contributed by atoms with Gasteiger partial charge in [0.15, 0.2) is 5.82 Å². The number of aromatic nitrogens is 2. The van der Waals surface area contributed by atoms with E-state index >= 15 is 0 Å². The van der Waals surface area contributed by atoms with Crippen molar-refractivity contribution in [1.29, 1.82) is 0 Å². The normalized spacial score (nSPS) is 10.6. The predicted molar refractivity (Wildman–Crippen MR) is 65.1 cm³/mol. The molecule has 1 heterocycles. The molecule has 78 valence electrons. The molecule has 2 aromatic rings. The molecule has 0 aliphatic heterocycles. The zero-order valence-corrected chi connectivity index (χ0v) is 11.3. The first kappa shape index (κ1) is 11.1. The van der Waals surface area contributed by atoms with Crippen LogP contribution in [0.5, 0.6) is 0 Å². The number of alkyl halides is 1. The molecular formula is C9H5Br2ClN2O. The number of rotatable bonds is 2. The molecule has 6 heteroatoms. The first-order valence-electron chi connectivity index (χ1n) is 4.04. The van der Waals surface area contributed by atoms with E-state index in [4.69, 9.17) is 16.1 Å². The van der Waals surface area contributed by atoms with Gasteiger partial charge in [-0.25, -0.2) is 0 Å². The van der Waals surface area contributed by atoms with Crippen LogP contribution >= 0.6 is 43.5 Å². The Kier molecular flexibility index (Phi) is 3.43. The molecule has 0 amide bonds. The first-order chi connectivity index (χ1) is 7.20. The smallest absolute Gasteiger partial charge is 0.259 e. The van der Waals surface area contributed by atoms with E-state index in [1.165, 1.54) is 0 Å². The van der Waals surface area contributed by atoms with E-state index in [0.717, 1.165) is 10.0 Å². The lowest BCUT2D eigenvalue weighted by Gasteiger charge is -1.98. The average molecular weight is 352 g/mol. The van der Waals surface area contributed by atoms with Crippen LogP contribution in [0.25, 0.3) is 11.5 Å². The van der Waals surface area contributed by atoms with Crippen molar-refractivity contribution in [3.63, 3.8) is 0 Å². The SMILES string of the molecule is Clc1ccc(-c2nc(CBr)no2)c(Br)c1. The highest BCUT2D eigenvalue weighted by Gasteiger charge is 2.11. The summed E-state index contributed by atoms with van der Waals surface area (Å²) in [5.41, 5.74) is 0.833. The van der Waals surface area contributed by atoms with Gasteiger partial charge in [-0.15, -0.1) is 0 Å². The molecule has 1 aromatic carbocycles. The molecule has 0 saturated heterocycles. The molecule has 3 nitrogen and oxygen atoms in total. The van der Waals surface area contributed by atoms with Gasteiger partial charge in [0.2, 0.25) is 0 Å². The third-order valence-electron chi connectivity index (χ3n) is 1.75. The van der Waals surface area contributed by atoms with Gasteiger partial charge in [-0.3, -0.25) is 0 Å². The van der Waals surface area contributed by atoms with Crippen molar-refractivity contribution in [3.8, 4) is 11.5 Å². The summed E-state index contributed by atoms with van der Waals surface area (Å²) >= 11 is 12.5. The van der Waals surface area contributed by atoms with Gasteiger partial charge in [-0.2, -0.15) is 4.98 Å². The topological polar surface area (TPSA) is 38.9 Å². The Bertz CT molecular complexity index is 487. The minimum Gasteiger partial charge on any atom is -0.334 e. The Labute approximate surface area is 108 Å². The molecule has 0 N–H and O–H groups in total. The fourth-order valence-corrected chi connectivity index (χ4v) is 2.16. The molecule has 0 spiro atoms. The molecule has 0 aliphatic rings. The molecule has 1 aromatic heterocycles. The van der Waals surface area contributed by atoms with Gasteiger partial charge >= 0.3 is 0 Å². The third-order valence-corrected chi connectivity index (χ3v) is 3.14. The minimum atomic E-state index is 0.480. The van der Waals surface area contributed by atoms with Crippen LogP contribution in [0, 0.1) is 0 Å². The van der Waals surface area contributed by atoms with Gasteiger partial charge in [0.05, 0.1) is 10.9 Å². The summed E-state index contributed by atoms with van der Waals surface area (Å²) in [5, 5.41) is 5.02. The summed E-state index contributed by atoms with van der Waals surface area (Å²) in [7, 11) is 0. The summed E-state index contributed by atoms with van der Waals surface area (Å²) in [6.45, 7) is 0. The van der Waals surface area contributed by atoms with Crippen molar-refractivity contribution in [2.75, 3.05) is 0 Å². The molecule has 0 unspecified atom stereocenters. The van der Waals surface area contributed by atoms with Gasteiger partial charge in [0, 0.05) is 9.50 Å². The lowest BCUT2D eigenvalue weighted by atomic mass is 10.2. The maximum atomic E-state index is 5.83. The van der Waals surface area contributed by atoms with E-state index in [9.17, 15) is 0 Å². The van der Waals surface area contributed by atoms with E-state index in [0.29, 0.717) is 22.1 Å². The Morgan fingerprint density at radius 1 is 1.40 bits per heavy atom. The molecule has 2 rings (SSSR count). The van der Waals surface area contributed by atoms with Crippen LogP contribution in [0.2, 0.25) is 5.02 Å². The monoisotopic (exact) mass is 350 g/mol. The number of nitrogens with zero attached hydrogens (tertiary/aromatic N) is 2. The van der Waals surface area contributed by atoms with Crippen LogP contribution in [0.1, 0.15) is 5.82 Å². The van der Waals surface area contributed by atoms with Gasteiger partial charge in [-0.05, 0) is 34.1 Å². The second-order valence-corrected chi connectivity index (χ2v) is 4.63. The summed E-state index contributed by atoms with van der Waals surface area (Å²) < 4.78 is 5.93. The Morgan fingerprint density at radius 2 is 2.20 bits per heavy atom.